The Balaban J connectivity index is 5.46. The molecule has 0 radical (unpaired) electrons. The minimum Gasteiger partial charge on any atom is -0.481 e. The van der Waals surface area contributed by atoms with Crippen LogP contribution in [0.3, 0.4) is 0 Å². The molecule has 5 unspecified atom stereocenters. The van der Waals surface area contributed by atoms with Gasteiger partial charge in [-0.3, -0.25) is 19.2 Å². The van der Waals surface area contributed by atoms with Crippen molar-refractivity contribution in [2.24, 2.45) is 11.7 Å². The van der Waals surface area contributed by atoms with Crippen LogP contribution in [-0.2, 0) is 24.0 Å². The molecule has 184 valence electrons. The second-order valence-corrected chi connectivity index (χ2v) is 8.32. The van der Waals surface area contributed by atoms with Crippen LogP contribution in [-0.4, -0.2) is 87.8 Å². The number of aliphatic hydroxyl groups is 1. The first-order valence-corrected chi connectivity index (χ1v) is 11.6. The highest BCUT2D eigenvalue weighted by Gasteiger charge is 2.32. The standard InChI is InChI=1S/C19H34N4O8S/c1-4-10(2)15(23-16(27)11(20)9-24)18(29)21-12(7-8-32-3)17(28)22-13(19(30)31)5-6-14(25)26/h10-13,15,24H,4-9,20H2,1-3H3,(H,21,29)(H,22,28)(H,23,27)(H,25,26)(H,30,31). The highest BCUT2D eigenvalue weighted by Crippen LogP contribution is 2.10. The molecule has 0 bridgehead atoms. The van der Waals surface area contributed by atoms with Gasteiger partial charge in [-0.05, 0) is 30.8 Å². The Morgan fingerprint density at radius 1 is 0.938 bits per heavy atom. The zero-order chi connectivity index (χ0) is 24.8. The highest BCUT2D eigenvalue weighted by atomic mass is 32.2. The van der Waals surface area contributed by atoms with Gasteiger partial charge in [0.2, 0.25) is 17.7 Å². The molecule has 0 aliphatic heterocycles. The molecule has 0 aliphatic carbocycles. The molecule has 0 aromatic rings. The van der Waals surface area contributed by atoms with Crippen LogP contribution in [0.1, 0.15) is 39.5 Å². The van der Waals surface area contributed by atoms with E-state index in [1.165, 1.54) is 11.8 Å². The maximum atomic E-state index is 12.9. The van der Waals surface area contributed by atoms with Gasteiger partial charge in [-0.2, -0.15) is 11.8 Å². The van der Waals surface area contributed by atoms with Gasteiger partial charge in [-0.25, -0.2) is 4.79 Å². The minimum atomic E-state index is -1.43. The molecule has 5 atom stereocenters. The summed E-state index contributed by atoms with van der Waals surface area (Å²) in [5, 5.41) is 34.4. The molecule has 12 nitrogen and oxygen atoms in total. The van der Waals surface area contributed by atoms with E-state index in [0.29, 0.717) is 12.2 Å². The second-order valence-electron chi connectivity index (χ2n) is 7.34. The number of hydrogen-bond donors (Lipinski definition) is 7. The van der Waals surface area contributed by atoms with E-state index < -0.39 is 66.9 Å². The summed E-state index contributed by atoms with van der Waals surface area (Å²) in [6.45, 7) is 2.92. The van der Waals surface area contributed by atoms with Gasteiger partial charge in [0.25, 0.3) is 0 Å². The van der Waals surface area contributed by atoms with E-state index in [1.54, 1.807) is 20.1 Å². The van der Waals surface area contributed by atoms with Crippen LogP contribution in [0.2, 0.25) is 0 Å². The highest BCUT2D eigenvalue weighted by molar-refractivity contribution is 7.98. The molecule has 0 heterocycles. The lowest BCUT2D eigenvalue weighted by Crippen LogP contribution is -2.59. The lowest BCUT2D eigenvalue weighted by atomic mass is 9.97. The zero-order valence-corrected chi connectivity index (χ0v) is 19.3. The Morgan fingerprint density at radius 2 is 1.53 bits per heavy atom. The van der Waals surface area contributed by atoms with Gasteiger partial charge in [0.1, 0.15) is 24.2 Å². The lowest BCUT2D eigenvalue weighted by Gasteiger charge is -2.27. The lowest BCUT2D eigenvalue weighted by molar-refractivity contribution is -0.143. The van der Waals surface area contributed by atoms with Crippen molar-refractivity contribution in [3.05, 3.63) is 0 Å². The quantitative estimate of drug-likeness (QED) is 0.137. The van der Waals surface area contributed by atoms with E-state index in [1.807, 2.05) is 0 Å². The first kappa shape index (κ1) is 29.6. The van der Waals surface area contributed by atoms with Crippen molar-refractivity contribution in [3.8, 4) is 0 Å². The number of thioether (sulfide) groups is 1. The molecular weight excluding hydrogens is 444 g/mol. The summed E-state index contributed by atoms with van der Waals surface area (Å²) in [6.07, 6.45) is 1.73. The summed E-state index contributed by atoms with van der Waals surface area (Å²) in [6, 6.07) is -4.77. The molecular formula is C19H34N4O8S. The normalized spacial score (nSPS) is 15.5. The largest absolute Gasteiger partial charge is 0.481 e. The fourth-order valence-electron chi connectivity index (χ4n) is 2.61. The number of carboxylic acid groups (broad SMARTS) is 2. The van der Waals surface area contributed by atoms with E-state index in [0.717, 1.165) is 0 Å². The van der Waals surface area contributed by atoms with Crippen LogP contribution in [0.15, 0.2) is 0 Å². The number of aliphatic carboxylic acids is 2. The van der Waals surface area contributed by atoms with Crippen LogP contribution in [0.5, 0.6) is 0 Å². The van der Waals surface area contributed by atoms with Crippen LogP contribution >= 0.6 is 11.8 Å². The summed E-state index contributed by atoms with van der Waals surface area (Å²) in [5.74, 6) is -4.60. The number of amides is 3. The van der Waals surface area contributed by atoms with E-state index in [4.69, 9.17) is 15.9 Å². The van der Waals surface area contributed by atoms with Gasteiger partial charge in [-0.1, -0.05) is 20.3 Å². The van der Waals surface area contributed by atoms with Crippen LogP contribution in [0, 0.1) is 5.92 Å². The third-order valence-corrected chi connectivity index (χ3v) is 5.48. The predicted molar refractivity (Wildman–Crippen MR) is 118 cm³/mol. The number of carbonyl (C=O) groups excluding carboxylic acids is 3. The van der Waals surface area contributed by atoms with Crippen molar-refractivity contribution >= 4 is 41.4 Å². The Morgan fingerprint density at radius 3 is 2.00 bits per heavy atom. The monoisotopic (exact) mass is 478 g/mol. The van der Waals surface area contributed by atoms with Crippen molar-refractivity contribution in [3.63, 3.8) is 0 Å². The van der Waals surface area contributed by atoms with Gasteiger partial charge in [0, 0.05) is 6.42 Å². The summed E-state index contributed by atoms with van der Waals surface area (Å²) in [5.41, 5.74) is 5.50. The van der Waals surface area contributed by atoms with E-state index in [-0.39, 0.29) is 18.8 Å². The molecule has 32 heavy (non-hydrogen) atoms. The van der Waals surface area contributed by atoms with Gasteiger partial charge in [-0.15, -0.1) is 0 Å². The number of rotatable bonds is 16. The van der Waals surface area contributed by atoms with Crippen molar-refractivity contribution in [1.82, 2.24) is 16.0 Å². The number of hydrogen-bond acceptors (Lipinski definition) is 8. The topological polar surface area (TPSA) is 208 Å². The molecule has 0 aromatic carbocycles. The molecule has 0 aromatic heterocycles. The third-order valence-electron chi connectivity index (χ3n) is 4.83. The van der Waals surface area contributed by atoms with Crippen LogP contribution < -0.4 is 21.7 Å². The molecule has 0 aliphatic rings. The van der Waals surface area contributed by atoms with Crippen LogP contribution in [0.25, 0.3) is 0 Å². The van der Waals surface area contributed by atoms with Crippen molar-refractivity contribution < 1.29 is 39.3 Å². The first-order valence-electron chi connectivity index (χ1n) is 10.2. The van der Waals surface area contributed by atoms with Gasteiger partial charge in [0.15, 0.2) is 0 Å². The molecule has 3 amide bonds. The summed E-state index contributed by atoms with van der Waals surface area (Å²) in [4.78, 5) is 59.8. The number of carbonyl (C=O) groups is 5. The maximum Gasteiger partial charge on any atom is 0.326 e. The third kappa shape index (κ3) is 10.8. The van der Waals surface area contributed by atoms with Crippen molar-refractivity contribution in [2.75, 3.05) is 18.6 Å². The van der Waals surface area contributed by atoms with E-state index in [9.17, 15) is 29.1 Å². The zero-order valence-electron chi connectivity index (χ0n) is 18.5. The number of aliphatic hydroxyl groups excluding tert-OH is 1. The Bertz CT molecular complexity index is 663. The molecule has 8 N–H and O–H groups in total. The number of nitrogens with two attached hydrogens (primary N) is 1. The fourth-order valence-corrected chi connectivity index (χ4v) is 3.08. The molecule has 0 rings (SSSR count). The molecule has 0 spiro atoms. The molecule has 0 saturated heterocycles. The van der Waals surface area contributed by atoms with E-state index in [2.05, 4.69) is 16.0 Å². The fraction of sp³-hybridized carbons (Fsp3) is 0.737. The second kappa shape index (κ2) is 15.4. The van der Waals surface area contributed by atoms with Gasteiger partial charge < -0.3 is 37.0 Å². The van der Waals surface area contributed by atoms with Crippen molar-refractivity contribution in [2.45, 2.75) is 63.7 Å². The van der Waals surface area contributed by atoms with Crippen LogP contribution in [0.4, 0.5) is 0 Å². The SMILES string of the molecule is CCC(C)C(NC(=O)C(N)CO)C(=O)NC(CCSC)C(=O)NC(CCC(=O)O)C(=O)O. The Labute approximate surface area is 191 Å². The first-order chi connectivity index (χ1) is 15.0. The summed E-state index contributed by atoms with van der Waals surface area (Å²) < 4.78 is 0. The van der Waals surface area contributed by atoms with Crippen molar-refractivity contribution in [1.29, 1.82) is 0 Å². The molecule has 13 heteroatoms. The minimum absolute atomic E-state index is 0.182. The molecule has 0 saturated carbocycles. The Kier molecular flexibility index (Phi) is 14.3. The maximum absolute atomic E-state index is 12.9. The number of nitrogens with one attached hydrogen (secondary N) is 3. The average Bonchev–Trinajstić information content (AvgIpc) is 2.75. The number of carboxylic acids is 2. The average molecular weight is 479 g/mol. The van der Waals surface area contributed by atoms with Gasteiger partial charge in [0.05, 0.1) is 6.61 Å². The summed E-state index contributed by atoms with van der Waals surface area (Å²) >= 11 is 1.41. The smallest absolute Gasteiger partial charge is 0.326 e. The summed E-state index contributed by atoms with van der Waals surface area (Å²) in [7, 11) is 0. The predicted octanol–water partition coefficient (Wildman–Crippen LogP) is -1.49. The Hall–Kier alpha value is -2.38. The van der Waals surface area contributed by atoms with Gasteiger partial charge >= 0.3 is 11.9 Å². The van der Waals surface area contributed by atoms with E-state index >= 15 is 0 Å². The molecule has 0 fully saturated rings.